The third kappa shape index (κ3) is 4.92. The highest BCUT2D eigenvalue weighted by Crippen LogP contribution is 2.24. The van der Waals surface area contributed by atoms with Gasteiger partial charge in [0.15, 0.2) is 0 Å². The molecule has 0 aliphatic heterocycles. The number of carbonyl (C=O) groups is 1. The maximum atomic E-state index is 12.1. The Balaban J connectivity index is 2.05. The first-order valence-corrected chi connectivity index (χ1v) is 9.13. The maximum absolute atomic E-state index is 12.1. The molecule has 1 N–H and O–H groups in total. The molecule has 2 rings (SSSR count). The zero-order valence-corrected chi connectivity index (χ0v) is 15.1. The molecule has 1 heterocycles. The molecule has 0 aliphatic rings. The number of amides is 1. The Bertz CT molecular complexity index is 723. The van der Waals surface area contributed by atoms with E-state index in [2.05, 4.69) is 10.3 Å². The number of benzene rings is 1. The second kappa shape index (κ2) is 8.10. The van der Waals surface area contributed by atoms with Crippen molar-refractivity contribution < 1.29 is 18.2 Å². The van der Waals surface area contributed by atoms with Crippen LogP contribution >= 0.6 is 0 Å². The van der Waals surface area contributed by atoms with E-state index >= 15 is 0 Å². The smallest absolute Gasteiger partial charge is 0.232 e. The normalized spacial score (nSPS) is 12.2. The molecule has 0 radical (unpaired) electrons. The molecule has 0 fully saturated rings. The zero-order valence-electron chi connectivity index (χ0n) is 14.3. The van der Waals surface area contributed by atoms with E-state index < -0.39 is 10.8 Å². The van der Waals surface area contributed by atoms with Crippen molar-refractivity contribution in [3.8, 4) is 17.2 Å². The summed E-state index contributed by atoms with van der Waals surface area (Å²) in [6.45, 7) is 5.51. The van der Waals surface area contributed by atoms with Gasteiger partial charge in [-0.25, -0.2) is 4.98 Å². The van der Waals surface area contributed by atoms with Gasteiger partial charge in [0.2, 0.25) is 11.8 Å². The van der Waals surface area contributed by atoms with Gasteiger partial charge < -0.3 is 14.5 Å². The Morgan fingerprint density at radius 3 is 2.58 bits per heavy atom. The molecule has 6 nitrogen and oxygen atoms in total. The highest BCUT2D eigenvalue weighted by Gasteiger charge is 2.16. The second-order valence-corrected chi connectivity index (χ2v) is 7.16. The minimum atomic E-state index is -1.33. The largest absolute Gasteiger partial charge is 0.497 e. The van der Waals surface area contributed by atoms with Crippen molar-refractivity contribution in [3.63, 3.8) is 0 Å². The number of methoxy groups -OCH3 is 1. The quantitative estimate of drug-likeness (QED) is 0.829. The van der Waals surface area contributed by atoms with E-state index in [9.17, 15) is 9.00 Å². The fourth-order valence-electron chi connectivity index (χ4n) is 2.13. The predicted molar refractivity (Wildman–Crippen MR) is 93.2 cm³/mol. The highest BCUT2D eigenvalue weighted by atomic mass is 32.2. The molecule has 0 unspecified atom stereocenters. The van der Waals surface area contributed by atoms with Crippen LogP contribution in [0, 0.1) is 6.92 Å². The van der Waals surface area contributed by atoms with E-state index in [1.807, 2.05) is 38.1 Å². The summed E-state index contributed by atoms with van der Waals surface area (Å²) in [5.74, 6) is 1.76. The van der Waals surface area contributed by atoms with Crippen LogP contribution in [0.4, 0.5) is 0 Å². The Morgan fingerprint density at radius 1 is 1.33 bits per heavy atom. The van der Waals surface area contributed by atoms with Gasteiger partial charge in [-0.3, -0.25) is 9.00 Å². The van der Waals surface area contributed by atoms with Crippen molar-refractivity contribution in [3.05, 3.63) is 35.7 Å². The molecule has 0 bridgehead atoms. The molecule has 0 aliphatic carbocycles. The molecule has 0 spiro atoms. The first-order chi connectivity index (χ1) is 11.4. The summed E-state index contributed by atoms with van der Waals surface area (Å²) >= 11 is 0. The topological polar surface area (TPSA) is 81.4 Å². The van der Waals surface area contributed by atoms with Crippen LogP contribution in [0.25, 0.3) is 11.5 Å². The third-order valence-electron chi connectivity index (χ3n) is 3.27. The van der Waals surface area contributed by atoms with Crippen molar-refractivity contribution in [1.29, 1.82) is 0 Å². The van der Waals surface area contributed by atoms with Gasteiger partial charge in [0.25, 0.3) is 0 Å². The molecular weight excluding hydrogens is 328 g/mol. The number of nitrogens with one attached hydrogen (secondary N) is 1. The van der Waals surface area contributed by atoms with Gasteiger partial charge in [0.1, 0.15) is 17.3 Å². The van der Waals surface area contributed by atoms with Crippen molar-refractivity contribution in [2.45, 2.75) is 32.6 Å². The number of oxazole rings is 1. The first kappa shape index (κ1) is 18.2. The Kier molecular flexibility index (Phi) is 6.14. The minimum Gasteiger partial charge on any atom is -0.497 e. The number of nitrogens with zero attached hydrogens (tertiary/aromatic N) is 1. The molecule has 130 valence electrons. The Hall–Kier alpha value is -2.15. The molecule has 1 aromatic heterocycles. The predicted octanol–water partition coefficient (Wildman–Crippen LogP) is 2.43. The number of aromatic nitrogens is 1. The average molecular weight is 350 g/mol. The van der Waals surface area contributed by atoms with Gasteiger partial charge >= 0.3 is 0 Å². The molecule has 24 heavy (non-hydrogen) atoms. The van der Waals surface area contributed by atoms with Crippen LogP contribution in [0.1, 0.15) is 25.3 Å². The van der Waals surface area contributed by atoms with E-state index in [1.165, 1.54) is 0 Å². The van der Waals surface area contributed by atoms with Crippen molar-refractivity contribution >= 4 is 16.7 Å². The summed E-state index contributed by atoms with van der Waals surface area (Å²) < 4.78 is 22.9. The van der Waals surface area contributed by atoms with E-state index in [4.69, 9.17) is 9.15 Å². The van der Waals surface area contributed by atoms with E-state index in [0.29, 0.717) is 17.3 Å². The molecular formula is C17H22N2O4S. The lowest BCUT2D eigenvalue weighted by molar-refractivity contribution is -0.119. The molecule has 0 saturated carbocycles. The SMILES string of the molecule is COc1ccc(-c2nc(C[S@@](=O)CC(=O)NC(C)C)c(C)o2)cc1. The van der Waals surface area contributed by atoms with Gasteiger partial charge in [-0.1, -0.05) is 0 Å². The number of hydrogen-bond acceptors (Lipinski definition) is 5. The van der Waals surface area contributed by atoms with Gasteiger partial charge in [-0.2, -0.15) is 0 Å². The summed E-state index contributed by atoms with van der Waals surface area (Å²) in [5, 5.41) is 2.73. The monoisotopic (exact) mass is 350 g/mol. The Morgan fingerprint density at radius 2 is 2.00 bits per heavy atom. The lowest BCUT2D eigenvalue weighted by atomic mass is 10.2. The fraction of sp³-hybridized carbons (Fsp3) is 0.412. The number of rotatable bonds is 7. The molecule has 0 saturated heterocycles. The average Bonchev–Trinajstić information content (AvgIpc) is 2.87. The highest BCUT2D eigenvalue weighted by molar-refractivity contribution is 7.84. The van der Waals surface area contributed by atoms with Crippen LogP contribution in [0.15, 0.2) is 28.7 Å². The zero-order chi connectivity index (χ0) is 17.7. The Labute approximate surface area is 144 Å². The van der Waals surface area contributed by atoms with Crippen LogP contribution in [0.2, 0.25) is 0 Å². The third-order valence-corrected chi connectivity index (χ3v) is 4.45. The van der Waals surface area contributed by atoms with Crippen LogP contribution in [0.5, 0.6) is 5.75 Å². The van der Waals surface area contributed by atoms with E-state index in [1.54, 1.807) is 14.0 Å². The lowest BCUT2D eigenvalue weighted by Crippen LogP contribution is -2.34. The lowest BCUT2D eigenvalue weighted by Gasteiger charge is -2.07. The van der Waals surface area contributed by atoms with Crippen molar-refractivity contribution in [2.75, 3.05) is 12.9 Å². The maximum Gasteiger partial charge on any atom is 0.232 e. The van der Waals surface area contributed by atoms with Crippen LogP contribution < -0.4 is 10.1 Å². The summed E-state index contributed by atoms with van der Waals surface area (Å²) in [6.07, 6.45) is 0. The molecule has 7 heteroatoms. The molecule has 1 aromatic carbocycles. The summed E-state index contributed by atoms with van der Waals surface area (Å²) in [6, 6.07) is 7.37. The van der Waals surface area contributed by atoms with Gasteiger partial charge in [-0.15, -0.1) is 0 Å². The van der Waals surface area contributed by atoms with Gasteiger partial charge in [0.05, 0.1) is 18.6 Å². The number of ether oxygens (including phenoxy) is 1. The van der Waals surface area contributed by atoms with Gasteiger partial charge in [-0.05, 0) is 45.0 Å². The van der Waals surface area contributed by atoms with E-state index in [0.717, 1.165) is 11.3 Å². The number of carbonyl (C=O) groups excluding carboxylic acids is 1. The molecule has 2 aromatic rings. The van der Waals surface area contributed by atoms with Crippen LogP contribution in [-0.4, -0.2) is 34.0 Å². The number of aryl methyl sites for hydroxylation is 1. The van der Waals surface area contributed by atoms with Crippen molar-refractivity contribution in [2.24, 2.45) is 0 Å². The first-order valence-electron chi connectivity index (χ1n) is 7.64. The van der Waals surface area contributed by atoms with Crippen LogP contribution in [0.3, 0.4) is 0 Å². The van der Waals surface area contributed by atoms with Crippen molar-refractivity contribution in [1.82, 2.24) is 10.3 Å². The van der Waals surface area contributed by atoms with Crippen LogP contribution in [-0.2, 0) is 21.3 Å². The number of hydrogen-bond donors (Lipinski definition) is 1. The standard InChI is InChI=1S/C17H22N2O4S/c1-11(2)18-16(20)10-24(21)9-15-12(3)23-17(19-15)13-5-7-14(22-4)8-6-13/h5-8,11H,9-10H2,1-4H3,(H,18,20)/t24-/m1/s1. The molecule has 1 atom stereocenters. The van der Waals surface area contributed by atoms with E-state index in [-0.39, 0.29) is 23.5 Å². The molecule has 1 amide bonds. The minimum absolute atomic E-state index is 0.0324. The van der Waals surface area contributed by atoms with Gasteiger partial charge in [0, 0.05) is 22.4 Å². The summed E-state index contributed by atoms with van der Waals surface area (Å²) in [4.78, 5) is 16.1. The summed E-state index contributed by atoms with van der Waals surface area (Å²) in [5.41, 5.74) is 1.42. The summed E-state index contributed by atoms with van der Waals surface area (Å²) in [7, 11) is 0.274. The fourth-order valence-corrected chi connectivity index (χ4v) is 3.18. The second-order valence-electron chi connectivity index (χ2n) is 5.70.